The van der Waals surface area contributed by atoms with Crippen LogP contribution in [0.15, 0.2) is 120 Å². The van der Waals surface area contributed by atoms with Crippen LogP contribution in [0.3, 0.4) is 0 Å². The van der Waals surface area contributed by atoms with Crippen molar-refractivity contribution in [3.63, 3.8) is 0 Å². The van der Waals surface area contributed by atoms with Gasteiger partial charge in [0.1, 0.15) is 11.3 Å². The van der Waals surface area contributed by atoms with Crippen LogP contribution in [0.4, 0.5) is 0 Å². The Morgan fingerprint density at radius 1 is 0.806 bits per heavy atom. The molecule has 0 radical (unpaired) electrons. The van der Waals surface area contributed by atoms with Crippen LogP contribution in [-0.2, 0) is 11.3 Å². The number of aliphatic imine (C=N–C) groups is 1. The molecule has 158 valence electrons. The predicted molar refractivity (Wildman–Crippen MR) is 134 cm³/mol. The molecular weight excluding hydrogens is 399 g/mol. The number of hydrogen-bond acceptors (Lipinski definition) is 2. The van der Waals surface area contributed by atoms with E-state index < -0.39 is 7.92 Å². The summed E-state index contributed by atoms with van der Waals surface area (Å²) in [5.74, 6) is 0.797. The van der Waals surface area contributed by atoms with E-state index in [9.17, 15) is 0 Å². The molecule has 0 aliphatic carbocycles. The van der Waals surface area contributed by atoms with Gasteiger partial charge in [-0.1, -0.05) is 97.1 Å². The van der Waals surface area contributed by atoms with Crippen molar-refractivity contribution < 1.29 is 4.74 Å². The lowest BCUT2D eigenvalue weighted by atomic mass is 10.2. The van der Waals surface area contributed by atoms with Crippen molar-refractivity contribution in [3.8, 4) is 0 Å². The molecule has 0 bridgehead atoms. The number of nitrogens with one attached hydrogen (secondary N) is 1. The van der Waals surface area contributed by atoms with Gasteiger partial charge in [0.05, 0.1) is 19.4 Å². The Balaban J connectivity index is 2.09. The lowest BCUT2D eigenvalue weighted by Crippen LogP contribution is -2.30. The van der Waals surface area contributed by atoms with Crippen molar-refractivity contribution in [1.82, 2.24) is 5.32 Å². The molecule has 0 fully saturated rings. The highest BCUT2D eigenvalue weighted by molar-refractivity contribution is 7.88. The molecule has 0 saturated carbocycles. The van der Waals surface area contributed by atoms with Gasteiger partial charge in [-0.15, -0.1) is 0 Å². The van der Waals surface area contributed by atoms with E-state index in [1.807, 2.05) is 32.1 Å². The van der Waals surface area contributed by atoms with Crippen molar-refractivity contribution in [3.05, 3.63) is 120 Å². The summed E-state index contributed by atoms with van der Waals surface area (Å²) in [6.07, 6.45) is 3.99. The van der Waals surface area contributed by atoms with Gasteiger partial charge in [-0.05, 0) is 36.1 Å². The zero-order chi connectivity index (χ0) is 21.9. The topological polar surface area (TPSA) is 33.6 Å². The van der Waals surface area contributed by atoms with E-state index in [-0.39, 0.29) is 0 Å². The molecule has 3 aromatic carbocycles. The lowest BCUT2D eigenvalue weighted by Gasteiger charge is -2.24. The fourth-order valence-corrected chi connectivity index (χ4v) is 5.42. The highest BCUT2D eigenvalue weighted by Crippen LogP contribution is 2.35. The van der Waals surface area contributed by atoms with E-state index in [0.29, 0.717) is 6.54 Å². The van der Waals surface area contributed by atoms with Gasteiger partial charge in [0, 0.05) is 7.92 Å². The van der Waals surface area contributed by atoms with Crippen LogP contribution in [0.2, 0.25) is 0 Å². The summed E-state index contributed by atoms with van der Waals surface area (Å²) in [5, 5.41) is 6.12. The number of methoxy groups -OCH3 is 1. The molecule has 31 heavy (non-hydrogen) atoms. The fourth-order valence-electron chi connectivity index (χ4n) is 3.24. The van der Waals surface area contributed by atoms with Crippen molar-refractivity contribution in [2.45, 2.75) is 20.4 Å². The first kappa shape index (κ1) is 22.5. The van der Waals surface area contributed by atoms with Gasteiger partial charge in [0.15, 0.2) is 0 Å². The molecule has 0 saturated heterocycles. The second-order valence-corrected chi connectivity index (χ2v) is 8.94. The molecule has 0 amide bonds. The third kappa shape index (κ3) is 6.16. The van der Waals surface area contributed by atoms with Gasteiger partial charge in [-0.2, -0.15) is 0 Å². The molecule has 0 unspecified atom stereocenters. The van der Waals surface area contributed by atoms with E-state index in [4.69, 9.17) is 9.73 Å². The standard InChI is InChI=1S/C27H29N2OP/c1-4-25(26(5-2)30-3)29-27(28-21-22-15-9-6-10-16-22)31(23-17-11-7-12-18-23)24-19-13-8-14-20-24/h4-20H,21H2,1-3H3,(H,28,29)/b25-4+,26-5+. The normalized spacial score (nSPS) is 12.7. The van der Waals surface area contributed by atoms with Crippen molar-refractivity contribution in [2.75, 3.05) is 7.11 Å². The first-order valence-electron chi connectivity index (χ1n) is 10.4. The molecule has 0 heterocycles. The minimum Gasteiger partial charge on any atom is -0.495 e. The van der Waals surface area contributed by atoms with Gasteiger partial charge in [-0.3, -0.25) is 4.99 Å². The third-order valence-corrected chi connectivity index (χ3v) is 7.08. The summed E-state index contributed by atoms with van der Waals surface area (Å²) in [5.41, 5.74) is 3.04. The van der Waals surface area contributed by atoms with Gasteiger partial charge < -0.3 is 10.1 Å². The summed E-state index contributed by atoms with van der Waals surface area (Å²) in [4.78, 5) is 5.10. The van der Waals surface area contributed by atoms with Crippen LogP contribution >= 0.6 is 7.92 Å². The van der Waals surface area contributed by atoms with Gasteiger partial charge in [-0.25, -0.2) is 0 Å². The second-order valence-electron chi connectivity index (χ2n) is 6.82. The maximum absolute atomic E-state index is 5.59. The van der Waals surface area contributed by atoms with E-state index in [0.717, 1.165) is 17.0 Å². The average Bonchev–Trinajstić information content (AvgIpc) is 2.84. The third-order valence-electron chi connectivity index (χ3n) is 4.78. The molecule has 0 atom stereocenters. The molecule has 1 N–H and O–H groups in total. The number of amidine groups is 1. The van der Waals surface area contributed by atoms with Crippen molar-refractivity contribution >= 4 is 24.1 Å². The second kappa shape index (κ2) is 11.9. The number of rotatable bonds is 8. The van der Waals surface area contributed by atoms with Gasteiger partial charge in [0.2, 0.25) is 0 Å². The highest BCUT2D eigenvalue weighted by atomic mass is 31.1. The zero-order valence-electron chi connectivity index (χ0n) is 18.3. The highest BCUT2D eigenvalue weighted by Gasteiger charge is 2.22. The smallest absolute Gasteiger partial charge is 0.137 e. The molecule has 4 heteroatoms. The van der Waals surface area contributed by atoms with Crippen molar-refractivity contribution in [1.29, 1.82) is 0 Å². The maximum Gasteiger partial charge on any atom is 0.137 e. The molecule has 3 rings (SSSR count). The van der Waals surface area contributed by atoms with Crippen LogP contribution in [0, 0.1) is 0 Å². The minimum absolute atomic E-state index is 0.608. The average molecular weight is 429 g/mol. The zero-order valence-corrected chi connectivity index (χ0v) is 19.2. The molecule has 0 spiro atoms. The molecule has 3 nitrogen and oxygen atoms in total. The van der Waals surface area contributed by atoms with Crippen LogP contribution in [0.1, 0.15) is 19.4 Å². The summed E-state index contributed by atoms with van der Waals surface area (Å²) < 4.78 is 5.59. The molecule has 0 aliphatic heterocycles. The number of allylic oxidation sites excluding steroid dienone is 2. The van der Waals surface area contributed by atoms with E-state index in [1.165, 1.54) is 16.2 Å². The Labute approximate surface area is 187 Å². The maximum atomic E-state index is 5.59. The Morgan fingerprint density at radius 2 is 1.32 bits per heavy atom. The van der Waals surface area contributed by atoms with Crippen LogP contribution in [0.25, 0.3) is 0 Å². The number of nitrogens with zero attached hydrogens (tertiary/aromatic N) is 1. The first-order valence-corrected chi connectivity index (χ1v) is 11.7. The SMILES string of the molecule is C/C=C(NC(=NCc1ccccc1)P(c1ccccc1)c1ccccc1)\C(=C/C)OC. The monoisotopic (exact) mass is 428 g/mol. The van der Waals surface area contributed by atoms with E-state index >= 15 is 0 Å². The van der Waals surface area contributed by atoms with Crippen molar-refractivity contribution in [2.24, 2.45) is 4.99 Å². The molecule has 3 aromatic rings. The number of benzene rings is 3. The van der Waals surface area contributed by atoms with Crippen LogP contribution < -0.4 is 15.9 Å². The first-order chi connectivity index (χ1) is 15.3. The molecule has 0 aliphatic rings. The van der Waals surface area contributed by atoms with E-state index in [2.05, 4.69) is 90.2 Å². The van der Waals surface area contributed by atoms with Crippen LogP contribution in [-0.4, -0.2) is 12.7 Å². The molecule has 0 aromatic heterocycles. The van der Waals surface area contributed by atoms with Crippen LogP contribution in [0.5, 0.6) is 0 Å². The summed E-state index contributed by atoms with van der Waals surface area (Å²) >= 11 is 0. The Morgan fingerprint density at radius 3 is 1.77 bits per heavy atom. The van der Waals surface area contributed by atoms with Gasteiger partial charge in [0.25, 0.3) is 0 Å². The summed E-state index contributed by atoms with van der Waals surface area (Å²) in [6, 6.07) is 31.5. The Bertz CT molecular complexity index is 989. The quantitative estimate of drug-likeness (QED) is 0.164. The largest absolute Gasteiger partial charge is 0.495 e. The number of hydrogen-bond donors (Lipinski definition) is 1. The molecular formula is C27H29N2OP. The predicted octanol–water partition coefficient (Wildman–Crippen LogP) is 5.72. The lowest BCUT2D eigenvalue weighted by molar-refractivity contribution is 0.297. The summed E-state index contributed by atoms with van der Waals surface area (Å²) in [6.45, 7) is 4.59. The fraction of sp³-hybridized carbons (Fsp3) is 0.148. The van der Waals surface area contributed by atoms with Gasteiger partial charge >= 0.3 is 0 Å². The Kier molecular flexibility index (Phi) is 8.63. The Hall–Kier alpha value is -3.16. The minimum atomic E-state index is -0.868. The van der Waals surface area contributed by atoms with E-state index in [1.54, 1.807) is 7.11 Å². The summed E-state index contributed by atoms with van der Waals surface area (Å²) in [7, 11) is 0.825. The number of ether oxygens (including phenoxy) is 1.